The van der Waals surface area contributed by atoms with Crippen molar-refractivity contribution in [1.82, 2.24) is 0 Å². The molecule has 0 fully saturated rings. The van der Waals surface area contributed by atoms with E-state index in [0.717, 1.165) is 29.6 Å². The number of unbranched alkanes of at least 4 members (excludes halogenated alkanes) is 1. The highest BCUT2D eigenvalue weighted by Gasteiger charge is 2.23. The summed E-state index contributed by atoms with van der Waals surface area (Å²) in [4.78, 5) is 14.0. The number of anilines is 1. The van der Waals surface area contributed by atoms with Gasteiger partial charge in [0, 0.05) is 16.8 Å². The highest BCUT2D eigenvalue weighted by molar-refractivity contribution is 9.10. The second-order valence-corrected chi connectivity index (χ2v) is 6.99. The van der Waals surface area contributed by atoms with Gasteiger partial charge in [-0.25, -0.2) is 4.79 Å². The number of halogens is 1. The maximum atomic E-state index is 12.4. The summed E-state index contributed by atoms with van der Waals surface area (Å²) in [5, 5.41) is 0. The summed E-state index contributed by atoms with van der Waals surface area (Å²) in [6.45, 7) is 9.40. The zero-order valence-electron chi connectivity index (χ0n) is 13.9. The molecule has 5 heteroatoms. The van der Waals surface area contributed by atoms with Gasteiger partial charge in [0.05, 0.1) is 13.2 Å². The lowest BCUT2D eigenvalue weighted by atomic mass is 10.2. The first-order valence-electron chi connectivity index (χ1n) is 7.67. The molecule has 1 aromatic carbocycles. The molecule has 0 radical (unpaired) electrons. The topological polar surface area (TPSA) is 38.8 Å². The van der Waals surface area contributed by atoms with Crippen LogP contribution in [0.5, 0.6) is 0 Å². The predicted octanol–water partition coefficient (Wildman–Crippen LogP) is 5.01. The van der Waals surface area contributed by atoms with Gasteiger partial charge in [0.25, 0.3) is 0 Å². The van der Waals surface area contributed by atoms with Gasteiger partial charge in [0.2, 0.25) is 0 Å². The van der Waals surface area contributed by atoms with E-state index >= 15 is 0 Å². The summed E-state index contributed by atoms with van der Waals surface area (Å²) in [6, 6.07) is 7.59. The lowest BCUT2D eigenvalue weighted by molar-refractivity contribution is 0.0560. The summed E-state index contributed by atoms with van der Waals surface area (Å²) in [6.07, 6.45) is 1.78. The van der Waals surface area contributed by atoms with E-state index in [4.69, 9.17) is 9.47 Å². The highest BCUT2D eigenvalue weighted by atomic mass is 79.9. The first kappa shape index (κ1) is 19.0. The van der Waals surface area contributed by atoms with Gasteiger partial charge in [-0.3, -0.25) is 4.90 Å². The third-order valence-corrected chi connectivity index (χ3v) is 3.38. The number of hydrogen-bond acceptors (Lipinski definition) is 3. The molecule has 0 aliphatic rings. The number of carbonyl (C=O) groups excluding carboxylic acids is 1. The minimum absolute atomic E-state index is 0.353. The highest BCUT2D eigenvalue weighted by Crippen LogP contribution is 2.21. The van der Waals surface area contributed by atoms with Crippen LogP contribution in [-0.2, 0) is 9.47 Å². The molecule has 22 heavy (non-hydrogen) atoms. The van der Waals surface area contributed by atoms with Crippen molar-refractivity contribution in [2.45, 2.75) is 46.1 Å². The maximum absolute atomic E-state index is 12.4. The van der Waals surface area contributed by atoms with Crippen LogP contribution in [0, 0.1) is 0 Å². The summed E-state index contributed by atoms with van der Waals surface area (Å²) in [5.74, 6) is 0. The zero-order chi connectivity index (χ0) is 16.6. The number of amides is 1. The Kier molecular flexibility index (Phi) is 7.90. The molecule has 0 aromatic heterocycles. The molecule has 4 nitrogen and oxygen atoms in total. The van der Waals surface area contributed by atoms with Crippen molar-refractivity contribution in [3.05, 3.63) is 28.7 Å². The van der Waals surface area contributed by atoms with Crippen molar-refractivity contribution in [3.8, 4) is 0 Å². The lowest BCUT2D eigenvalue weighted by Gasteiger charge is -2.27. The quantitative estimate of drug-likeness (QED) is 0.632. The second kappa shape index (κ2) is 9.16. The van der Waals surface area contributed by atoms with E-state index in [0.29, 0.717) is 13.2 Å². The SMILES string of the molecule is CCCCOCCN(C(=O)OC(C)(C)C)c1ccc(Br)cc1. The third kappa shape index (κ3) is 7.27. The summed E-state index contributed by atoms with van der Waals surface area (Å²) in [7, 11) is 0. The lowest BCUT2D eigenvalue weighted by Crippen LogP contribution is -2.38. The average molecular weight is 372 g/mol. The van der Waals surface area contributed by atoms with E-state index < -0.39 is 5.60 Å². The smallest absolute Gasteiger partial charge is 0.414 e. The molecule has 0 unspecified atom stereocenters. The van der Waals surface area contributed by atoms with Crippen LogP contribution in [0.4, 0.5) is 10.5 Å². The predicted molar refractivity (Wildman–Crippen MR) is 93.4 cm³/mol. The summed E-state index contributed by atoms with van der Waals surface area (Å²) < 4.78 is 12.0. The number of benzene rings is 1. The van der Waals surface area contributed by atoms with Gasteiger partial charge in [-0.2, -0.15) is 0 Å². The standard InChI is InChI=1S/C17H26BrNO3/c1-5-6-12-21-13-11-19(16(20)22-17(2,3)4)15-9-7-14(18)8-10-15/h7-10H,5-6,11-13H2,1-4H3. The van der Waals surface area contributed by atoms with Crippen molar-refractivity contribution in [2.75, 3.05) is 24.7 Å². The van der Waals surface area contributed by atoms with E-state index in [-0.39, 0.29) is 6.09 Å². The third-order valence-electron chi connectivity index (χ3n) is 2.85. The molecule has 0 aliphatic carbocycles. The van der Waals surface area contributed by atoms with E-state index in [1.807, 2.05) is 45.0 Å². The van der Waals surface area contributed by atoms with Crippen LogP contribution in [0.2, 0.25) is 0 Å². The fourth-order valence-electron chi connectivity index (χ4n) is 1.77. The fourth-order valence-corrected chi connectivity index (χ4v) is 2.03. The zero-order valence-corrected chi connectivity index (χ0v) is 15.5. The molecular weight excluding hydrogens is 346 g/mol. The Labute approximate surface area is 141 Å². The van der Waals surface area contributed by atoms with Crippen molar-refractivity contribution < 1.29 is 14.3 Å². The number of ether oxygens (including phenoxy) is 2. The molecule has 0 N–H and O–H groups in total. The van der Waals surface area contributed by atoms with Gasteiger partial charge in [0.1, 0.15) is 5.60 Å². The molecule has 0 saturated carbocycles. The number of nitrogens with zero attached hydrogens (tertiary/aromatic N) is 1. The minimum atomic E-state index is -0.520. The van der Waals surface area contributed by atoms with Crippen LogP contribution in [0.1, 0.15) is 40.5 Å². The molecular formula is C17H26BrNO3. The van der Waals surface area contributed by atoms with Gasteiger partial charge < -0.3 is 9.47 Å². The normalized spacial score (nSPS) is 11.3. The Morgan fingerprint density at radius 2 is 1.82 bits per heavy atom. The summed E-state index contributed by atoms with van der Waals surface area (Å²) in [5.41, 5.74) is 0.282. The Bertz CT molecular complexity index is 454. The van der Waals surface area contributed by atoms with Crippen LogP contribution in [0.3, 0.4) is 0 Å². The van der Waals surface area contributed by atoms with Crippen LogP contribution in [-0.4, -0.2) is 31.5 Å². The number of rotatable bonds is 7. The molecule has 0 bridgehead atoms. The van der Waals surface area contributed by atoms with Crippen molar-refractivity contribution in [2.24, 2.45) is 0 Å². The van der Waals surface area contributed by atoms with Crippen molar-refractivity contribution in [3.63, 3.8) is 0 Å². The summed E-state index contributed by atoms with van der Waals surface area (Å²) >= 11 is 3.40. The van der Waals surface area contributed by atoms with E-state index in [2.05, 4.69) is 22.9 Å². The molecule has 1 rings (SSSR count). The number of hydrogen-bond donors (Lipinski definition) is 0. The average Bonchev–Trinajstić information content (AvgIpc) is 2.42. The molecule has 0 spiro atoms. The Morgan fingerprint density at radius 1 is 1.18 bits per heavy atom. The van der Waals surface area contributed by atoms with Gasteiger partial charge in [-0.1, -0.05) is 29.3 Å². The molecule has 124 valence electrons. The molecule has 0 heterocycles. The Morgan fingerprint density at radius 3 is 2.36 bits per heavy atom. The van der Waals surface area contributed by atoms with Crippen LogP contribution >= 0.6 is 15.9 Å². The first-order valence-corrected chi connectivity index (χ1v) is 8.46. The van der Waals surface area contributed by atoms with Gasteiger partial charge >= 0.3 is 6.09 Å². The molecule has 0 aliphatic heterocycles. The van der Waals surface area contributed by atoms with Crippen molar-refractivity contribution in [1.29, 1.82) is 0 Å². The van der Waals surface area contributed by atoms with E-state index in [1.54, 1.807) is 4.90 Å². The van der Waals surface area contributed by atoms with Gasteiger partial charge in [-0.05, 0) is 51.5 Å². The van der Waals surface area contributed by atoms with E-state index in [9.17, 15) is 4.79 Å². The fraction of sp³-hybridized carbons (Fsp3) is 0.588. The van der Waals surface area contributed by atoms with Crippen LogP contribution in [0.15, 0.2) is 28.7 Å². The van der Waals surface area contributed by atoms with Gasteiger partial charge in [-0.15, -0.1) is 0 Å². The molecule has 0 atom stereocenters. The monoisotopic (exact) mass is 371 g/mol. The Hall–Kier alpha value is -1.07. The molecule has 0 saturated heterocycles. The van der Waals surface area contributed by atoms with Crippen LogP contribution < -0.4 is 4.90 Å². The molecule has 1 aromatic rings. The van der Waals surface area contributed by atoms with Crippen LogP contribution in [0.25, 0.3) is 0 Å². The Balaban J connectivity index is 2.72. The molecule has 1 amide bonds. The minimum Gasteiger partial charge on any atom is -0.443 e. The second-order valence-electron chi connectivity index (χ2n) is 6.07. The maximum Gasteiger partial charge on any atom is 0.414 e. The van der Waals surface area contributed by atoms with Gasteiger partial charge in [0.15, 0.2) is 0 Å². The van der Waals surface area contributed by atoms with Crippen molar-refractivity contribution >= 4 is 27.7 Å². The van der Waals surface area contributed by atoms with E-state index in [1.165, 1.54) is 0 Å². The first-order chi connectivity index (χ1) is 10.3. The largest absolute Gasteiger partial charge is 0.443 e. The number of carbonyl (C=O) groups is 1.